The maximum Gasteiger partial charge on any atom is 0.0564 e. The molecule has 0 bridgehead atoms. The molecule has 86 valence electrons. The lowest BCUT2D eigenvalue weighted by Gasteiger charge is -2.24. The highest BCUT2D eigenvalue weighted by molar-refractivity contribution is 9.10. The summed E-state index contributed by atoms with van der Waals surface area (Å²) in [7, 11) is 0. The van der Waals surface area contributed by atoms with Crippen LogP contribution < -0.4 is 4.90 Å². The van der Waals surface area contributed by atoms with Crippen LogP contribution in [0.25, 0.3) is 0 Å². The van der Waals surface area contributed by atoms with Gasteiger partial charge in [0.2, 0.25) is 0 Å². The van der Waals surface area contributed by atoms with E-state index in [1.165, 1.54) is 44.5 Å². The van der Waals surface area contributed by atoms with Gasteiger partial charge in [-0.2, -0.15) is 0 Å². The number of rotatable bonds is 5. The van der Waals surface area contributed by atoms with E-state index in [2.05, 4.69) is 31.9 Å². The van der Waals surface area contributed by atoms with Crippen LogP contribution in [0.4, 0.5) is 5.69 Å². The molecule has 0 aliphatic heterocycles. The van der Waals surface area contributed by atoms with Gasteiger partial charge in [0.05, 0.1) is 11.9 Å². The summed E-state index contributed by atoms with van der Waals surface area (Å²) < 4.78 is 1.08. The Kier molecular flexibility index (Phi) is 2.88. The smallest absolute Gasteiger partial charge is 0.0564 e. The Balaban J connectivity index is 1.73. The van der Waals surface area contributed by atoms with Gasteiger partial charge >= 0.3 is 0 Å². The zero-order chi connectivity index (χ0) is 11.0. The Labute approximate surface area is 105 Å². The topological polar surface area (TPSA) is 16.1 Å². The fraction of sp³-hybridized carbons (Fsp3) is 0.615. The lowest BCUT2D eigenvalue weighted by molar-refractivity contribution is 0.678. The largest absolute Gasteiger partial charge is 0.370 e. The zero-order valence-corrected chi connectivity index (χ0v) is 11.0. The van der Waals surface area contributed by atoms with E-state index < -0.39 is 0 Å². The van der Waals surface area contributed by atoms with Gasteiger partial charge in [0, 0.05) is 23.8 Å². The number of halogens is 1. The van der Waals surface area contributed by atoms with Crippen molar-refractivity contribution >= 4 is 21.6 Å². The summed E-state index contributed by atoms with van der Waals surface area (Å²) in [5.41, 5.74) is 1.29. The number of nitrogens with zero attached hydrogens (tertiary/aromatic N) is 2. The van der Waals surface area contributed by atoms with Gasteiger partial charge in [-0.1, -0.05) is 0 Å². The van der Waals surface area contributed by atoms with Crippen molar-refractivity contribution in [1.29, 1.82) is 0 Å². The maximum atomic E-state index is 4.27. The van der Waals surface area contributed by atoms with Crippen LogP contribution in [0.15, 0.2) is 22.9 Å². The Hall–Kier alpha value is -0.570. The van der Waals surface area contributed by atoms with Crippen molar-refractivity contribution in [1.82, 2.24) is 4.98 Å². The first kappa shape index (κ1) is 10.6. The molecule has 0 unspecified atom stereocenters. The Morgan fingerprint density at radius 1 is 1.12 bits per heavy atom. The molecule has 0 aromatic carbocycles. The maximum absolute atomic E-state index is 4.27. The predicted molar refractivity (Wildman–Crippen MR) is 69.6 cm³/mol. The van der Waals surface area contributed by atoms with Crippen molar-refractivity contribution in [3.63, 3.8) is 0 Å². The number of anilines is 1. The van der Waals surface area contributed by atoms with E-state index in [0.717, 1.165) is 16.3 Å². The minimum absolute atomic E-state index is 0.942. The molecule has 0 spiro atoms. The van der Waals surface area contributed by atoms with E-state index in [1.54, 1.807) is 0 Å². The molecule has 2 nitrogen and oxygen atoms in total. The van der Waals surface area contributed by atoms with Gasteiger partial charge in [-0.3, -0.25) is 4.98 Å². The second-order valence-electron chi connectivity index (χ2n) is 5.15. The van der Waals surface area contributed by atoms with Gasteiger partial charge in [-0.05, 0) is 59.5 Å². The number of aromatic nitrogens is 1. The van der Waals surface area contributed by atoms with Crippen molar-refractivity contribution in [3.05, 3.63) is 22.9 Å². The van der Waals surface area contributed by atoms with E-state index >= 15 is 0 Å². The average Bonchev–Trinajstić information content (AvgIpc) is 3.11. The fourth-order valence-electron chi connectivity index (χ4n) is 2.08. The number of pyridine rings is 1. The summed E-state index contributed by atoms with van der Waals surface area (Å²) in [6.45, 7) is 2.46. The van der Waals surface area contributed by atoms with E-state index in [1.807, 2.05) is 12.4 Å². The third-order valence-electron chi connectivity index (χ3n) is 3.41. The molecule has 0 atom stereocenters. The van der Waals surface area contributed by atoms with Gasteiger partial charge in [0.15, 0.2) is 0 Å². The molecule has 16 heavy (non-hydrogen) atoms. The lowest BCUT2D eigenvalue weighted by atomic mass is 10.2. The van der Waals surface area contributed by atoms with Gasteiger partial charge in [-0.15, -0.1) is 0 Å². The lowest BCUT2D eigenvalue weighted by Crippen LogP contribution is -2.28. The van der Waals surface area contributed by atoms with Crippen LogP contribution in [-0.2, 0) is 0 Å². The highest BCUT2D eigenvalue weighted by Gasteiger charge is 2.29. The van der Waals surface area contributed by atoms with Crippen molar-refractivity contribution in [2.75, 3.05) is 18.0 Å². The first-order valence-electron chi connectivity index (χ1n) is 6.17. The molecule has 3 heteroatoms. The second-order valence-corrected chi connectivity index (χ2v) is 6.07. The van der Waals surface area contributed by atoms with Crippen LogP contribution in [-0.4, -0.2) is 18.1 Å². The SMILES string of the molecule is Brc1cncc(N(CC2CC2)CC2CC2)c1. The molecule has 2 saturated carbocycles. The molecule has 0 N–H and O–H groups in total. The van der Waals surface area contributed by atoms with E-state index in [4.69, 9.17) is 0 Å². The highest BCUT2D eigenvalue weighted by Crippen LogP contribution is 2.35. The van der Waals surface area contributed by atoms with Crippen molar-refractivity contribution in [3.8, 4) is 0 Å². The molecular formula is C13H17BrN2. The summed E-state index contributed by atoms with van der Waals surface area (Å²) in [6.07, 6.45) is 9.53. The van der Waals surface area contributed by atoms with Crippen LogP contribution in [0.2, 0.25) is 0 Å². The first-order chi connectivity index (χ1) is 7.81. The molecule has 0 radical (unpaired) electrons. The van der Waals surface area contributed by atoms with Gasteiger partial charge < -0.3 is 4.90 Å². The van der Waals surface area contributed by atoms with Crippen molar-refractivity contribution in [2.45, 2.75) is 25.7 Å². The van der Waals surface area contributed by atoms with E-state index in [0.29, 0.717) is 0 Å². The third-order valence-corrected chi connectivity index (χ3v) is 3.84. The summed E-state index contributed by atoms with van der Waals surface area (Å²) >= 11 is 3.50. The summed E-state index contributed by atoms with van der Waals surface area (Å²) in [5.74, 6) is 1.88. The van der Waals surface area contributed by atoms with Crippen LogP contribution in [0.3, 0.4) is 0 Å². The number of hydrogen-bond acceptors (Lipinski definition) is 2. The summed E-state index contributed by atoms with van der Waals surface area (Å²) in [5, 5.41) is 0. The predicted octanol–water partition coefficient (Wildman–Crippen LogP) is 3.47. The highest BCUT2D eigenvalue weighted by atomic mass is 79.9. The Morgan fingerprint density at radius 3 is 2.25 bits per heavy atom. The molecular weight excluding hydrogens is 264 g/mol. The minimum Gasteiger partial charge on any atom is -0.370 e. The van der Waals surface area contributed by atoms with E-state index in [-0.39, 0.29) is 0 Å². The quantitative estimate of drug-likeness (QED) is 0.821. The molecule has 0 amide bonds. The molecule has 0 saturated heterocycles. The monoisotopic (exact) mass is 280 g/mol. The fourth-order valence-corrected chi connectivity index (χ4v) is 2.44. The van der Waals surface area contributed by atoms with Gasteiger partial charge in [0.25, 0.3) is 0 Å². The molecule has 1 aromatic rings. The molecule has 2 aliphatic carbocycles. The molecule has 2 fully saturated rings. The molecule has 2 aliphatic rings. The summed E-state index contributed by atoms with van der Waals surface area (Å²) in [4.78, 5) is 6.81. The second kappa shape index (κ2) is 4.36. The Bertz CT molecular complexity index is 358. The van der Waals surface area contributed by atoms with E-state index in [9.17, 15) is 0 Å². The van der Waals surface area contributed by atoms with Gasteiger partial charge in [0.1, 0.15) is 0 Å². The van der Waals surface area contributed by atoms with Crippen LogP contribution in [0.5, 0.6) is 0 Å². The molecule has 3 rings (SSSR count). The average molecular weight is 281 g/mol. The Morgan fingerprint density at radius 2 is 1.75 bits per heavy atom. The molecule has 1 aromatic heterocycles. The van der Waals surface area contributed by atoms with Crippen LogP contribution >= 0.6 is 15.9 Å². The summed E-state index contributed by atoms with van der Waals surface area (Å²) in [6, 6.07) is 2.19. The molecule has 1 heterocycles. The standard InChI is InChI=1S/C13H17BrN2/c14-12-5-13(7-15-6-12)16(8-10-1-2-10)9-11-3-4-11/h5-7,10-11H,1-4,8-9H2. The zero-order valence-electron chi connectivity index (χ0n) is 9.40. The third kappa shape index (κ3) is 2.76. The van der Waals surface area contributed by atoms with Crippen molar-refractivity contribution < 1.29 is 0 Å². The van der Waals surface area contributed by atoms with Crippen molar-refractivity contribution in [2.24, 2.45) is 11.8 Å². The van der Waals surface area contributed by atoms with Crippen LogP contribution in [0, 0.1) is 11.8 Å². The number of hydrogen-bond donors (Lipinski definition) is 0. The van der Waals surface area contributed by atoms with Crippen LogP contribution in [0.1, 0.15) is 25.7 Å². The first-order valence-corrected chi connectivity index (χ1v) is 6.96. The minimum atomic E-state index is 0.942. The van der Waals surface area contributed by atoms with Gasteiger partial charge in [-0.25, -0.2) is 0 Å². The normalized spacial score (nSPS) is 19.8.